The molecule has 3 heteroatoms. The number of piperidine rings is 1. The topological polar surface area (TPSA) is 29.5 Å². The zero-order valence-electron chi connectivity index (χ0n) is 11.5. The van der Waals surface area contributed by atoms with Crippen molar-refractivity contribution in [3.63, 3.8) is 0 Å². The first-order valence-electron chi connectivity index (χ1n) is 6.12. The highest BCUT2D eigenvalue weighted by Crippen LogP contribution is 2.32. The lowest BCUT2D eigenvalue weighted by atomic mass is 9.83. The van der Waals surface area contributed by atoms with E-state index in [9.17, 15) is 4.79 Å². The highest BCUT2D eigenvalue weighted by Gasteiger charge is 2.38. The van der Waals surface area contributed by atoms with Crippen molar-refractivity contribution < 1.29 is 9.53 Å². The van der Waals surface area contributed by atoms with Crippen LogP contribution in [0.25, 0.3) is 0 Å². The molecule has 3 nitrogen and oxygen atoms in total. The molecule has 1 unspecified atom stereocenters. The molecule has 0 aromatic rings. The van der Waals surface area contributed by atoms with Gasteiger partial charge in [0.1, 0.15) is 5.60 Å². The molecule has 96 valence electrons. The Labute approximate surface area is 105 Å². The minimum Gasteiger partial charge on any atom is -0.444 e. The van der Waals surface area contributed by atoms with Crippen LogP contribution in [0.2, 0.25) is 0 Å². The normalized spacial score (nSPS) is 24.0. The molecule has 1 aliphatic rings. The summed E-state index contributed by atoms with van der Waals surface area (Å²) >= 11 is 0. The maximum Gasteiger partial charge on any atom is 0.410 e. The summed E-state index contributed by atoms with van der Waals surface area (Å²) in [6.07, 6.45) is 6.92. The second-order valence-corrected chi connectivity index (χ2v) is 6.30. The van der Waals surface area contributed by atoms with Gasteiger partial charge in [0.2, 0.25) is 0 Å². The lowest BCUT2D eigenvalue weighted by Gasteiger charge is -2.44. The van der Waals surface area contributed by atoms with Crippen LogP contribution in [-0.2, 0) is 4.74 Å². The van der Waals surface area contributed by atoms with Crippen molar-refractivity contribution in [2.75, 3.05) is 6.54 Å². The fourth-order valence-corrected chi connectivity index (χ4v) is 2.20. The van der Waals surface area contributed by atoms with Crippen LogP contribution in [0.4, 0.5) is 4.79 Å². The van der Waals surface area contributed by atoms with Crippen LogP contribution in [0.3, 0.4) is 0 Å². The van der Waals surface area contributed by atoms with Gasteiger partial charge in [-0.1, -0.05) is 0 Å². The Hall–Kier alpha value is -1.17. The minimum absolute atomic E-state index is 0.225. The summed E-state index contributed by atoms with van der Waals surface area (Å²) in [5.41, 5.74) is -0.673. The molecule has 1 rings (SSSR count). The smallest absolute Gasteiger partial charge is 0.410 e. The molecule has 1 atom stereocenters. The van der Waals surface area contributed by atoms with Crippen molar-refractivity contribution in [1.82, 2.24) is 4.90 Å². The van der Waals surface area contributed by atoms with E-state index in [2.05, 4.69) is 5.92 Å². The summed E-state index contributed by atoms with van der Waals surface area (Å²) in [6.45, 7) is 10.4. The standard InChI is InChI=1S/C14H23NO2/c1-7-11-8-9-15(14(5,6)10-11)12(16)17-13(2,3)4/h1,11H,8-10H2,2-6H3. The molecule has 17 heavy (non-hydrogen) atoms. The fourth-order valence-electron chi connectivity index (χ4n) is 2.20. The number of ether oxygens (including phenoxy) is 1. The zero-order valence-corrected chi connectivity index (χ0v) is 11.5. The SMILES string of the molecule is C#CC1CCN(C(=O)OC(C)(C)C)C(C)(C)C1. The van der Waals surface area contributed by atoms with Gasteiger partial charge in [-0.2, -0.15) is 0 Å². The lowest BCUT2D eigenvalue weighted by Crippen LogP contribution is -2.53. The third-order valence-corrected chi connectivity index (χ3v) is 3.03. The molecule has 1 heterocycles. The molecular weight excluding hydrogens is 214 g/mol. The molecule has 0 bridgehead atoms. The Bertz CT molecular complexity index is 333. The Morgan fingerprint density at radius 3 is 2.47 bits per heavy atom. The van der Waals surface area contributed by atoms with E-state index in [-0.39, 0.29) is 17.6 Å². The van der Waals surface area contributed by atoms with E-state index in [1.807, 2.05) is 34.6 Å². The van der Waals surface area contributed by atoms with Crippen molar-refractivity contribution in [3.05, 3.63) is 0 Å². The fraction of sp³-hybridized carbons (Fsp3) is 0.786. The van der Waals surface area contributed by atoms with Crippen LogP contribution in [0.5, 0.6) is 0 Å². The molecule has 1 fully saturated rings. The second-order valence-electron chi connectivity index (χ2n) is 6.30. The van der Waals surface area contributed by atoms with Crippen molar-refractivity contribution in [2.45, 2.75) is 58.6 Å². The molecule has 0 radical (unpaired) electrons. The monoisotopic (exact) mass is 237 g/mol. The number of carbonyl (C=O) groups is 1. The number of terminal acetylenes is 1. The molecule has 1 amide bonds. The Kier molecular flexibility index (Phi) is 3.76. The number of likely N-dealkylation sites (tertiary alicyclic amines) is 1. The van der Waals surface area contributed by atoms with E-state index in [1.165, 1.54) is 0 Å². The zero-order chi connectivity index (χ0) is 13.3. The van der Waals surface area contributed by atoms with Crippen molar-refractivity contribution >= 4 is 6.09 Å². The van der Waals surface area contributed by atoms with Crippen LogP contribution in [0.1, 0.15) is 47.5 Å². The second kappa shape index (κ2) is 4.60. The Morgan fingerprint density at radius 2 is 2.06 bits per heavy atom. The summed E-state index contributed by atoms with van der Waals surface area (Å²) in [6, 6.07) is 0. The largest absolute Gasteiger partial charge is 0.444 e. The van der Waals surface area contributed by atoms with Crippen LogP contribution in [0.15, 0.2) is 0 Å². The predicted molar refractivity (Wildman–Crippen MR) is 68.6 cm³/mol. The van der Waals surface area contributed by atoms with Gasteiger partial charge >= 0.3 is 6.09 Å². The van der Waals surface area contributed by atoms with E-state index < -0.39 is 5.60 Å². The number of hydrogen-bond donors (Lipinski definition) is 0. The molecule has 0 saturated carbocycles. The first-order chi connectivity index (χ1) is 7.65. The molecule has 0 spiro atoms. The first kappa shape index (κ1) is 13.9. The van der Waals surface area contributed by atoms with Gasteiger partial charge in [0, 0.05) is 18.0 Å². The van der Waals surface area contributed by atoms with E-state index in [0.29, 0.717) is 6.54 Å². The van der Waals surface area contributed by atoms with Gasteiger partial charge in [-0.05, 0) is 47.5 Å². The van der Waals surface area contributed by atoms with E-state index in [1.54, 1.807) is 4.90 Å². The molecule has 0 aromatic carbocycles. The number of hydrogen-bond acceptors (Lipinski definition) is 2. The summed E-state index contributed by atoms with van der Waals surface area (Å²) < 4.78 is 5.42. The van der Waals surface area contributed by atoms with E-state index in [4.69, 9.17) is 11.2 Å². The molecular formula is C14H23NO2. The summed E-state index contributed by atoms with van der Waals surface area (Å²) in [5, 5.41) is 0. The van der Waals surface area contributed by atoms with Crippen LogP contribution in [0, 0.1) is 18.3 Å². The van der Waals surface area contributed by atoms with Crippen molar-refractivity contribution in [3.8, 4) is 12.3 Å². The minimum atomic E-state index is -0.448. The first-order valence-corrected chi connectivity index (χ1v) is 6.12. The van der Waals surface area contributed by atoms with Crippen LogP contribution < -0.4 is 0 Å². The van der Waals surface area contributed by atoms with Crippen LogP contribution >= 0.6 is 0 Å². The average Bonchev–Trinajstić information content (AvgIpc) is 2.12. The van der Waals surface area contributed by atoms with Crippen LogP contribution in [-0.4, -0.2) is 28.7 Å². The average molecular weight is 237 g/mol. The highest BCUT2D eigenvalue weighted by atomic mass is 16.6. The number of rotatable bonds is 0. The predicted octanol–water partition coefficient (Wildman–Crippen LogP) is 3.05. The molecule has 0 aliphatic carbocycles. The maximum absolute atomic E-state index is 12.1. The highest BCUT2D eigenvalue weighted by molar-refractivity contribution is 5.69. The van der Waals surface area contributed by atoms with E-state index in [0.717, 1.165) is 12.8 Å². The summed E-state index contributed by atoms with van der Waals surface area (Å²) in [4.78, 5) is 13.9. The summed E-state index contributed by atoms with van der Waals surface area (Å²) in [5.74, 6) is 3.06. The lowest BCUT2D eigenvalue weighted by molar-refractivity contribution is -0.0107. The third-order valence-electron chi connectivity index (χ3n) is 3.03. The van der Waals surface area contributed by atoms with Crippen molar-refractivity contribution in [2.24, 2.45) is 5.92 Å². The van der Waals surface area contributed by atoms with Crippen molar-refractivity contribution in [1.29, 1.82) is 0 Å². The maximum atomic E-state index is 12.1. The number of nitrogens with zero attached hydrogens (tertiary/aromatic N) is 1. The molecule has 1 saturated heterocycles. The molecule has 1 aliphatic heterocycles. The Morgan fingerprint density at radius 1 is 1.47 bits per heavy atom. The quantitative estimate of drug-likeness (QED) is 0.606. The van der Waals surface area contributed by atoms with E-state index >= 15 is 0 Å². The third kappa shape index (κ3) is 3.66. The van der Waals surface area contributed by atoms with Gasteiger partial charge in [-0.25, -0.2) is 4.79 Å². The molecule has 0 N–H and O–H groups in total. The van der Waals surface area contributed by atoms with Gasteiger partial charge in [-0.3, -0.25) is 0 Å². The van der Waals surface area contributed by atoms with Gasteiger partial charge in [-0.15, -0.1) is 12.3 Å². The van der Waals surface area contributed by atoms with Gasteiger partial charge in [0.15, 0.2) is 0 Å². The Balaban J connectivity index is 2.73. The van der Waals surface area contributed by atoms with Gasteiger partial charge in [0.25, 0.3) is 0 Å². The van der Waals surface area contributed by atoms with Gasteiger partial charge in [0.05, 0.1) is 0 Å². The number of amides is 1. The number of carbonyl (C=O) groups excluding carboxylic acids is 1. The molecule has 0 aromatic heterocycles. The summed E-state index contributed by atoms with van der Waals surface area (Å²) in [7, 11) is 0. The van der Waals surface area contributed by atoms with Gasteiger partial charge < -0.3 is 9.64 Å².